The van der Waals surface area contributed by atoms with Crippen molar-refractivity contribution in [3.8, 4) is 0 Å². The molecule has 1 aliphatic heterocycles. The van der Waals surface area contributed by atoms with Gasteiger partial charge in [-0.15, -0.1) is 0 Å². The van der Waals surface area contributed by atoms with Crippen molar-refractivity contribution < 1.29 is 18.0 Å². The molecular formula is C16H21F3N2O. The van der Waals surface area contributed by atoms with Crippen LogP contribution in [0.5, 0.6) is 0 Å². The Balaban J connectivity index is 2.36. The van der Waals surface area contributed by atoms with Gasteiger partial charge in [0, 0.05) is 18.7 Å². The molecule has 0 unspecified atom stereocenters. The molecule has 1 heterocycles. The van der Waals surface area contributed by atoms with E-state index in [4.69, 9.17) is 0 Å². The third-order valence-corrected chi connectivity index (χ3v) is 3.98. The van der Waals surface area contributed by atoms with E-state index >= 15 is 0 Å². The summed E-state index contributed by atoms with van der Waals surface area (Å²) in [4.78, 5) is 13.4. The molecule has 0 radical (unpaired) electrons. The molecule has 0 amide bonds. The van der Waals surface area contributed by atoms with E-state index in [1.165, 1.54) is 12.5 Å². The van der Waals surface area contributed by atoms with Crippen LogP contribution in [-0.2, 0) is 19.3 Å². The fourth-order valence-electron chi connectivity index (χ4n) is 2.96. The van der Waals surface area contributed by atoms with Crippen LogP contribution in [0.3, 0.4) is 0 Å². The van der Waals surface area contributed by atoms with E-state index in [0.29, 0.717) is 18.4 Å². The Morgan fingerprint density at radius 1 is 1.23 bits per heavy atom. The topological polar surface area (TPSA) is 32.3 Å². The number of hydrogen-bond acceptors (Lipinski definition) is 3. The summed E-state index contributed by atoms with van der Waals surface area (Å²) < 4.78 is 39.9. The molecule has 1 aromatic rings. The lowest BCUT2D eigenvalue weighted by Crippen LogP contribution is -2.29. The third kappa shape index (κ3) is 4.08. The lowest BCUT2D eigenvalue weighted by molar-refractivity contribution is -0.138. The number of carbonyl (C=O) groups excluding carboxylic acids is 1. The first kappa shape index (κ1) is 17.0. The number of carbonyl (C=O) groups is 1. The molecule has 1 N–H and O–H groups in total. The van der Waals surface area contributed by atoms with Crippen molar-refractivity contribution in [2.75, 3.05) is 20.1 Å². The van der Waals surface area contributed by atoms with Crippen molar-refractivity contribution in [1.82, 2.24) is 10.2 Å². The molecular weight excluding hydrogens is 293 g/mol. The first-order valence-corrected chi connectivity index (χ1v) is 7.51. The zero-order valence-corrected chi connectivity index (χ0v) is 12.7. The van der Waals surface area contributed by atoms with E-state index < -0.39 is 11.7 Å². The Morgan fingerprint density at radius 2 is 1.91 bits per heavy atom. The second-order valence-corrected chi connectivity index (χ2v) is 5.69. The van der Waals surface area contributed by atoms with Gasteiger partial charge in [0.05, 0.1) is 5.56 Å². The molecule has 1 aliphatic rings. The highest BCUT2D eigenvalue weighted by molar-refractivity contribution is 5.78. The highest BCUT2D eigenvalue weighted by Gasteiger charge is 2.34. The largest absolute Gasteiger partial charge is 0.416 e. The predicted molar refractivity (Wildman–Crippen MR) is 78.7 cm³/mol. The van der Waals surface area contributed by atoms with Crippen LogP contribution in [0.2, 0.25) is 0 Å². The first-order chi connectivity index (χ1) is 10.5. The molecule has 22 heavy (non-hydrogen) atoms. The number of nitrogens with zero attached hydrogens (tertiary/aromatic N) is 1. The fourth-order valence-corrected chi connectivity index (χ4v) is 2.96. The molecule has 3 nitrogen and oxygen atoms in total. The van der Waals surface area contributed by atoms with Crippen LogP contribution >= 0.6 is 0 Å². The molecule has 0 bridgehead atoms. The molecule has 0 atom stereocenters. The molecule has 0 aromatic heterocycles. The minimum Gasteiger partial charge on any atom is -0.316 e. The van der Waals surface area contributed by atoms with Crippen LogP contribution in [0.15, 0.2) is 12.1 Å². The summed E-state index contributed by atoms with van der Waals surface area (Å²) in [5.74, 6) is 0. The zero-order valence-electron chi connectivity index (χ0n) is 12.7. The summed E-state index contributed by atoms with van der Waals surface area (Å²) >= 11 is 0. The lowest BCUT2D eigenvalue weighted by atomic mass is 9.96. The van der Waals surface area contributed by atoms with Gasteiger partial charge in [0.1, 0.15) is 6.29 Å². The van der Waals surface area contributed by atoms with Gasteiger partial charge < -0.3 is 5.32 Å². The smallest absolute Gasteiger partial charge is 0.316 e. The summed E-state index contributed by atoms with van der Waals surface area (Å²) in [5, 5.41) is 2.70. The van der Waals surface area contributed by atoms with Gasteiger partial charge in [-0.3, -0.25) is 9.69 Å². The van der Waals surface area contributed by atoms with E-state index in [9.17, 15) is 18.0 Å². The lowest BCUT2D eigenvalue weighted by Gasteiger charge is -2.27. The molecule has 6 heteroatoms. The minimum absolute atomic E-state index is 0.0207. The van der Waals surface area contributed by atoms with Gasteiger partial charge in [-0.05, 0) is 56.2 Å². The number of alkyl halides is 3. The van der Waals surface area contributed by atoms with Gasteiger partial charge in [-0.25, -0.2) is 0 Å². The third-order valence-electron chi connectivity index (χ3n) is 3.98. The predicted octanol–water partition coefficient (Wildman–Crippen LogP) is 3.22. The van der Waals surface area contributed by atoms with E-state index in [1.807, 2.05) is 0 Å². The molecule has 1 saturated heterocycles. The van der Waals surface area contributed by atoms with Gasteiger partial charge in [0.15, 0.2) is 0 Å². The number of likely N-dealkylation sites (tertiary alicyclic amines) is 1. The summed E-state index contributed by atoms with van der Waals surface area (Å²) in [6, 6.07) is 2.78. The van der Waals surface area contributed by atoms with Crippen LogP contribution in [-0.4, -0.2) is 31.3 Å². The molecule has 0 aliphatic carbocycles. The van der Waals surface area contributed by atoms with Crippen LogP contribution in [0, 0.1) is 0 Å². The number of halogens is 3. The van der Waals surface area contributed by atoms with Crippen molar-refractivity contribution in [3.63, 3.8) is 0 Å². The minimum atomic E-state index is -4.46. The number of rotatable bonds is 5. The Morgan fingerprint density at radius 3 is 2.45 bits per heavy atom. The monoisotopic (exact) mass is 314 g/mol. The van der Waals surface area contributed by atoms with Gasteiger partial charge in [-0.1, -0.05) is 6.42 Å². The number of aldehydes is 1. The summed E-state index contributed by atoms with van der Waals surface area (Å²) in [5.41, 5.74) is -0.0155. The molecule has 0 spiro atoms. The van der Waals surface area contributed by atoms with Crippen LogP contribution in [0.25, 0.3) is 0 Å². The van der Waals surface area contributed by atoms with Gasteiger partial charge in [0.25, 0.3) is 0 Å². The quantitative estimate of drug-likeness (QED) is 0.847. The molecule has 1 fully saturated rings. The van der Waals surface area contributed by atoms with Crippen LogP contribution in [0.4, 0.5) is 13.2 Å². The van der Waals surface area contributed by atoms with Crippen LogP contribution in [0.1, 0.15) is 46.3 Å². The maximum Gasteiger partial charge on any atom is 0.416 e. The second-order valence-electron chi connectivity index (χ2n) is 5.69. The van der Waals surface area contributed by atoms with Crippen molar-refractivity contribution in [1.29, 1.82) is 0 Å². The van der Waals surface area contributed by atoms with Crippen LogP contribution < -0.4 is 5.32 Å². The van der Waals surface area contributed by atoms with E-state index in [0.717, 1.165) is 25.9 Å². The summed E-state index contributed by atoms with van der Waals surface area (Å²) in [6.07, 6.45) is -0.622. The molecule has 0 saturated carbocycles. The maximum absolute atomic E-state index is 13.3. The van der Waals surface area contributed by atoms with Gasteiger partial charge in [0.2, 0.25) is 0 Å². The van der Waals surface area contributed by atoms with Crippen molar-refractivity contribution in [2.45, 2.75) is 38.5 Å². The average molecular weight is 314 g/mol. The number of hydrogen-bond donors (Lipinski definition) is 1. The Labute approximate surface area is 128 Å². The van der Waals surface area contributed by atoms with E-state index in [2.05, 4.69) is 10.2 Å². The number of nitrogens with one attached hydrogen (secondary N) is 1. The molecule has 2 rings (SSSR count). The Kier molecular flexibility index (Phi) is 5.58. The highest BCUT2D eigenvalue weighted by atomic mass is 19.4. The first-order valence-electron chi connectivity index (χ1n) is 7.51. The highest BCUT2D eigenvalue weighted by Crippen LogP contribution is 2.34. The van der Waals surface area contributed by atoms with Gasteiger partial charge in [-0.2, -0.15) is 13.2 Å². The SMILES string of the molecule is CNCc1c(C=O)cc(CN2CCCCC2)cc1C(F)(F)F. The van der Waals surface area contributed by atoms with Crippen molar-refractivity contribution in [3.05, 3.63) is 34.4 Å². The van der Waals surface area contributed by atoms with Crippen molar-refractivity contribution >= 4 is 6.29 Å². The van der Waals surface area contributed by atoms with Gasteiger partial charge >= 0.3 is 6.18 Å². The Hall–Kier alpha value is -1.40. The second kappa shape index (κ2) is 7.24. The maximum atomic E-state index is 13.3. The Bertz CT molecular complexity index is 523. The standard InChI is InChI=1S/C16H21F3N2O/c1-20-9-14-13(11-22)7-12(8-15(14)16(17,18)19)10-21-5-3-2-4-6-21/h7-8,11,20H,2-6,9-10H2,1H3. The number of piperidine rings is 1. The molecule has 1 aromatic carbocycles. The molecule has 122 valence electrons. The van der Waals surface area contributed by atoms with E-state index in [-0.39, 0.29) is 17.7 Å². The number of benzene rings is 1. The fraction of sp³-hybridized carbons (Fsp3) is 0.562. The average Bonchev–Trinajstić information content (AvgIpc) is 2.48. The zero-order chi connectivity index (χ0) is 16.2. The summed E-state index contributed by atoms with van der Waals surface area (Å²) in [7, 11) is 1.57. The normalized spacial score (nSPS) is 16.7. The van der Waals surface area contributed by atoms with Crippen molar-refractivity contribution in [2.24, 2.45) is 0 Å². The van der Waals surface area contributed by atoms with E-state index in [1.54, 1.807) is 13.1 Å². The summed E-state index contributed by atoms with van der Waals surface area (Å²) in [6.45, 7) is 2.28.